The zero-order chi connectivity index (χ0) is 16.1. The third-order valence-electron chi connectivity index (χ3n) is 6.59. The van der Waals surface area contributed by atoms with Crippen LogP contribution < -0.4 is 0 Å². The number of rotatable bonds is 5. The van der Waals surface area contributed by atoms with Crippen LogP contribution in [0.3, 0.4) is 0 Å². The second-order valence-electron chi connectivity index (χ2n) is 8.28. The summed E-state index contributed by atoms with van der Waals surface area (Å²) in [7, 11) is 0. The molecule has 0 radical (unpaired) electrons. The van der Waals surface area contributed by atoms with E-state index in [-0.39, 0.29) is 0 Å². The van der Waals surface area contributed by atoms with Crippen molar-refractivity contribution in [3.63, 3.8) is 0 Å². The zero-order valence-corrected chi connectivity index (χ0v) is 15.0. The van der Waals surface area contributed by atoms with Gasteiger partial charge in [-0.1, -0.05) is 35.9 Å². The van der Waals surface area contributed by atoms with Gasteiger partial charge >= 0.3 is 0 Å². The summed E-state index contributed by atoms with van der Waals surface area (Å²) >= 11 is 0. The highest BCUT2D eigenvalue weighted by atomic mass is 14.4. The van der Waals surface area contributed by atoms with Crippen molar-refractivity contribution in [1.29, 1.82) is 0 Å². The van der Waals surface area contributed by atoms with Gasteiger partial charge in [0.2, 0.25) is 0 Å². The van der Waals surface area contributed by atoms with Crippen LogP contribution in [0.25, 0.3) is 0 Å². The summed E-state index contributed by atoms with van der Waals surface area (Å²) in [6, 6.07) is 9.20. The van der Waals surface area contributed by atoms with Gasteiger partial charge < -0.3 is 0 Å². The number of hydrogen-bond donors (Lipinski definition) is 0. The maximum atomic E-state index is 3.91. The molecular formula is C23H34. The Morgan fingerprint density at radius 3 is 1.87 bits per heavy atom. The van der Waals surface area contributed by atoms with Crippen molar-refractivity contribution in [2.75, 3.05) is 0 Å². The Balaban J connectivity index is 1.42. The molecule has 0 aliphatic heterocycles. The van der Waals surface area contributed by atoms with E-state index in [1.165, 1.54) is 69.8 Å². The van der Waals surface area contributed by atoms with E-state index >= 15 is 0 Å². The molecule has 1 aromatic carbocycles. The first kappa shape index (κ1) is 16.8. The zero-order valence-electron chi connectivity index (χ0n) is 15.0. The minimum absolute atomic E-state index is 0.936. The van der Waals surface area contributed by atoms with Gasteiger partial charge in [0.05, 0.1) is 0 Å². The predicted octanol–water partition coefficient (Wildman–Crippen LogP) is 6.73. The minimum Gasteiger partial charge on any atom is -0.103 e. The Morgan fingerprint density at radius 1 is 0.826 bits per heavy atom. The molecule has 2 aliphatic rings. The van der Waals surface area contributed by atoms with Crippen molar-refractivity contribution < 1.29 is 0 Å². The second kappa shape index (κ2) is 8.18. The Bertz CT molecular complexity index is 467. The Hall–Kier alpha value is -1.04. The van der Waals surface area contributed by atoms with Crippen molar-refractivity contribution in [3.8, 4) is 0 Å². The number of allylic oxidation sites excluding steroid dienone is 1. The first-order chi connectivity index (χ1) is 11.2. The predicted molar refractivity (Wildman–Crippen MR) is 101 cm³/mol. The highest BCUT2D eigenvalue weighted by Gasteiger charge is 2.30. The third kappa shape index (κ3) is 4.72. The first-order valence-corrected chi connectivity index (χ1v) is 9.91. The molecule has 0 atom stereocenters. The van der Waals surface area contributed by atoms with E-state index < -0.39 is 0 Å². The second-order valence-corrected chi connectivity index (χ2v) is 8.28. The van der Waals surface area contributed by atoms with Crippen LogP contribution in [0.5, 0.6) is 0 Å². The fourth-order valence-corrected chi connectivity index (χ4v) is 5.05. The van der Waals surface area contributed by atoms with Crippen molar-refractivity contribution in [2.45, 2.75) is 71.1 Å². The van der Waals surface area contributed by atoms with E-state index in [0.717, 1.165) is 23.7 Å². The molecule has 0 nitrogen and oxygen atoms in total. The largest absolute Gasteiger partial charge is 0.103 e. The standard InChI is InChI=1S/C23H34/c1-3-4-19-9-13-22(14-10-19)23-15-11-21(12-16-23)17-20-7-5-18(2)6-8-20/h3,5-8,19,21-23H,1,4,9-17H2,2H3. The van der Waals surface area contributed by atoms with Gasteiger partial charge in [0.1, 0.15) is 0 Å². The molecule has 0 bridgehead atoms. The molecule has 1 aromatic rings. The van der Waals surface area contributed by atoms with E-state index in [4.69, 9.17) is 0 Å². The summed E-state index contributed by atoms with van der Waals surface area (Å²) in [5, 5.41) is 0. The Morgan fingerprint density at radius 2 is 1.35 bits per heavy atom. The van der Waals surface area contributed by atoms with Crippen LogP contribution in [-0.2, 0) is 6.42 Å². The van der Waals surface area contributed by atoms with Gasteiger partial charge in [-0.3, -0.25) is 0 Å². The molecule has 2 saturated carbocycles. The van der Waals surface area contributed by atoms with Gasteiger partial charge in [0.15, 0.2) is 0 Å². The number of hydrogen-bond acceptors (Lipinski definition) is 0. The van der Waals surface area contributed by atoms with Crippen LogP contribution in [0.15, 0.2) is 36.9 Å². The molecule has 2 fully saturated rings. The molecule has 0 aromatic heterocycles. The van der Waals surface area contributed by atoms with Crippen LogP contribution in [0.2, 0.25) is 0 Å². The maximum absolute atomic E-state index is 3.91. The number of benzene rings is 1. The lowest BCUT2D eigenvalue weighted by atomic mass is 9.68. The molecular weight excluding hydrogens is 276 g/mol. The average molecular weight is 311 g/mol. The lowest BCUT2D eigenvalue weighted by Gasteiger charge is -2.37. The summed E-state index contributed by atoms with van der Waals surface area (Å²) in [6.07, 6.45) is 16.5. The Labute approximate surface area is 143 Å². The summed E-state index contributed by atoms with van der Waals surface area (Å²) in [5.74, 6) is 3.96. The minimum atomic E-state index is 0.936. The van der Waals surface area contributed by atoms with Crippen molar-refractivity contribution >= 4 is 0 Å². The van der Waals surface area contributed by atoms with Gasteiger partial charge in [0, 0.05) is 0 Å². The molecule has 0 spiro atoms. The van der Waals surface area contributed by atoms with Crippen molar-refractivity contribution in [3.05, 3.63) is 48.0 Å². The molecule has 3 rings (SSSR count). The fraction of sp³-hybridized carbons (Fsp3) is 0.652. The van der Waals surface area contributed by atoms with Crippen LogP contribution in [0, 0.1) is 30.6 Å². The van der Waals surface area contributed by atoms with Gasteiger partial charge in [-0.05, 0) is 100 Å². The topological polar surface area (TPSA) is 0 Å². The van der Waals surface area contributed by atoms with Gasteiger partial charge in [0.25, 0.3) is 0 Å². The molecule has 2 aliphatic carbocycles. The SMILES string of the molecule is C=CCC1CCC(C2CCC(Cc3ccc(C)cc3)CC2)CC1. The molecule has 0 saturated heterocycles. The lowest BCUT2D eigenvalue weighted by Crippen LogP contribution is -2.26. The smallest absolute Gasteiger partial charge is 0.0250 e. The van der Waals surface area contributed by atoms with Crippen LogP contribution in [0.4, 0.5) is 0 Å². The summed E-state index contributed by atoms with van der Waals surface area (Å²) in [5.41, 5.74) is 2.92. The molecule has 0 heterocycles. The van der Waals surface area contributed by atoms with E-state index in [0.29, 0.717) is 0 Å². The first-order valence-electron chi connectivity index (χ1n) is 9.91. The quantitative estimate of drug-likeness (QED) is 0.529. The van der Waals surface area contributed by atoms with Gasteiger partial charge in [-0.15, -0.1) is 6.58 Å². The molecule has 0 amide bonds. The van der Waals surface area contributed by atoms with Crippen molar-refractivity contribution in [2.24, 2.45) is 23.7 Å². The van der Waals surface area contributed by atoms with E-state index in [2.05, 4.69) is 43.8 Å². The molecule has 0 heteroatoms. The highest BCUT2D eigenvalue weighted by molar-refractivity contribution is 5.21. The summed E-state index contributed by atoms with van der Waals surface area (Å²) in [4.78, 5) is 0. The molecule has 0 N–H and O–H groups in total. The lowest BCUT2D eigenvalue weighted by molar-refractivity contribution is 0.147. The van der Waals surface area contributed by atoms with Gasteiger partial charge in [-0.25, -0.2) is 0 Å². The van der Waals surface area contributed by atoms with Gasteiger partial charge in [-0.2, -0.15) is 0 Å². The van der Waals surface area contributed by atoms with E-state index in [9.17, 15) is 0 Å². The highest BCUT2D eigenvalue weighted by Crippen LogP contribution is 2.42. The summed E-state index contributed by atoms with van der Waals surface area (Å²) in [6.45, 7) is 6.09. The molecule has 126 valence electrons. The normalized spacial score (nSPS) is 31.7. The average Bonchev–Trinajstić information content (AvgIpc) is 2.59. The maximum Gasteiger partial charge on any atom is -0.0250 e. The number of aryl methyl sites for hydroxylation is 1. The summed E-state index contributed by atoms with van der Waals surface area (Å²) < 4.78 is 0. The van der Waals surface area contributed by atoms with E-state index in [1.54, 1.807) is 5.56 Å². The molecule has 23 heavy (non-hydrogen) atoms. The van der Waals surface area contributed by atoms with Crippen LogP contribution in [-0.4, -0.2) is 0 Å². The molecule has 0 unspecified atom stereocenters. The fourth-order valence-electron chi connectivity index (χ4n) is 5.05. The van der Waals surface area contributed by atoms with Crippen LogP contribution in [0.1, 0.15) is 68.9 Å². The van der Waals surface area contributed by atoms with Crippen molar-refractivity contribution in [1.82, 2.24) is 0 Å². The van der Waals surface area contributed by atoms with E-state index in [1.807, 2.05) is 0 Å². The third-order valence-corrected chi connectivity index (χ3v) is 6.59. The van der Waals surface area contributed by atoms with Crippen LogP contribution >= 0.6 is 0 Å². The monoisotopic (exact) mass is 310 g/mol. The Kier molecular flexibility index (Phi) is 5.97.